The minimum Gasteiger partial charge on any atom is -0.316 e. The SMILES string of the molecule is CNC(Cc1cc(C)ccc1C)C(C)C. The molecule has 0 heterocycles. The number of nitrogens with one attached hydrogen (secondary N) is 1. The Morgan fingerprint density at radius 1 is 1.20 bits per heavy atom. The van der Waals surface area contributed by atoms with E-state index >= 15 is 0 Å². The lowest BCUT2D eigenvalue weighted by molar-refractivity contribution is 0.424. The lowest BCUT2D eigenvalue weighted by Crippen LogP contribution is -2.32. The van der Waals surface area contributed by atoms with E-state index in [0.29, 0.717) is 12.0 Å². The summed E-state index contributed by atoms with van der Waals surface area (Å²) in [4.78, 5) is 0. The molecule has 84 valence electrons. The molecule has 1 nitrogen and oxygen atoms in total. The van der Waals surface area contributed by atoms with Crippen molar-refractivity contribution in [1.82, 2.24) is 5.32 Å². The van der Waals surface area contributed by atoms with Crippen LogP contribution in [-0.2, 0) is 6.42 Å². The molecule has 0 amide bonds. The topological polar surface area (TPSA) is 12.0 Å². The molecule has 0 aromatic heterocycles. The molecular formula is C14H23N. The van der Waals surface area contributed by atoms with Crippen molar-refractivity contribution in [3.8, 4) is 0 Å². The Bertz CT molecular complexity index is 315. The fourth-order valence-corrected chi connectivity index (χ4v) is 1.93. The number of hydrogen-bond acceptors (Lipinski definition) is 1. The van der Waals surface area contributed by atoms with Crippen LogP contribution >= 0.6 is 0 Å². The number of benzene rings is 1. The van der Waals surface area contributed by atoms with Crippen molar-refractivity contribution in [3.05, 3.63) is 34.9 Å². The lowest BCUT2D eigenvalue weighted by Gasteiger charge is -2.21. The van der Waals surface area contributed by atoms with Gasteiger partial charge in [-0.15, -0.1) is 0 Å². The average molecular weight is 205 g/mol. The Balaban J connectivity index is 2.82. The molecule has 0 fully saturated rings. The van der Waals surface area contributed by atoms with Gasteiger partial charge in [-0.3, -0.25) is 0 Å². The zero-order valence-electron chi connectivity index (χ0n) is 10.6. The molecular weight excluding hydrogens is 182 g/mol. The summed E-state index contributed by atoms with van der Waals surface area (Å²) in [6, 6.07) is 7.29. The molecule has 0 radical (unpaired) electrons. The predicted octanol–water partition coefficient (Wildman–Crippen LogP) is 3.09. The van der Waals surface area contributed by atoms with Gasteiger partial charge in [-0.1, -0.05) is 37.6 Å². The van der Waals surface area contributed by atoms with E-state index in [1.54, 1.807) is 0 Å². The smallest absolute Gasteiger partial charge is 0.0128 e. The Hall–Kier alpha value is -0.820. The molecule has 1 atom stereocenters. The number of rotatable bonds is 4. The fourth-order valence-electron chi connectivity index (χ4n) is 1.93. The molecule has 0 saturated carbocycles. The average Bonchev–Trinajstić information content (AvgIpc) is 2.18. The van der Waals surface area contributed by atoms with E-state index in [0.717, 1.165) is 6.42 Å². The maximum absolute atomic E-state index is 3.40. The van der Waals surface area contributed by atoms with Crippen LogP contribution in [0.25, 0.3) is 0 Å². The van der Waals surface area contributed by atoms with Crippen LogP contribution < -0.4 is 5.32 Å². The second-order valence-corrected chi connectivity index (χ2v) is 4.77. The van der Waals surface area contributed by atoms with Crippen LogP contribution in [0.3, 0.4) is 0 Å². The van der Waals surface area contributed by atoms with Crippen molar-refractivity contribution >= 4 is 0 Å². The van der Waals surface area contributed by atoms with Gasteiger partial charge in [0.15, 0.2) is 0 Å². The van der Waals surface area contributed by atoms with Crippen molar-refractivity contribution in [3.63, 3.8) is 0 Å². The molecule has 1 aromatic rings. The largest absolute Gasteiger partial charge is 0.316 e. The summed E-state index contributed by atoms with van der Waals surface area (Å²) in [6.45, 7) is 8.90. The third-order valence-corrected chi connectivity index (χ3v) is 3.12. The van der Waals surface area contributed by atoms with Gasteiger partial charge in [0, 0.05) is 6.04 Å². The maximum atomic E-state index is 3.40. The van der Waals surface area contributed by atoms with Gasteiger partial charge in [-0.25, -0.2) is 0 Å². The summed E-state index contributed by atoms with van der Waals surface area (Å²) in [6.07, 6.45) is 1.13. The molecule has 0 bridgehead atoms. The summed E-state index contributed by atoms with van der Waals surface area (Å²) in [5.74, 6) is 0.676. The first-order valence-electron chi connectivity index (χ1n) is 5.78. The molecule has 15 heavy (non-hydrogen) atoms. The van der Waals surface area contributed by atoms with Crippen LogP contribution in [0.4, 0.5) is 0 Å². The van der Waals surface area contributed by atoms with Gasteiger partial charge in [-0.05, 0) is 44.4 Å². The zero-order chi connectivity index (χ0) is 11.4. The zero-order valence-corrected chi connectivity index (χ0v) is 10.6. The quantitative estimate of drug-likeness (QED) is 0.796. The van der Waals surface area contributed by atoms with Gasteiger partial charge < -0.3 is 5.32 Å². The van der Waals surface area contributed by atoms with Crippen LogP contribution in [0.15, 0.2) is 18.2 Å². The Labute approximate surface area is 93.9 Å². The number of hydrogen-bond donors (Lipinski definition) is 1. The Morgan fingerprint density at radius 2 is 1.87 bits per heavy atom. The predicted molar refractivity (Wildman–Crippen MR) is 67.3 cm³/mol. The van der Waals surface area contributed by atoms with E-state index in [9.17, 15) is 0 Å². The van der Waals surface area contributed by atoms with Gasteiger partial charge in [-0.2, -0.15) is 0 Å². The monoisotopic (exact) mass is 205 g/mol. The summed E-state index contributed by atoms with van der Waals surface area (Å²) in [5.41, 5.74) is 4.23. The number of aryl methyl sites for hydroxylation is 2. The van der Waals surface area contributed by atoms with E-state index in [2.05, 4.69) is 58.3 Å². The van der Waals surface area contributed by atoms with Crippen LogP contribution in [0, 0.1) is 19.8 Å². The fraction of sp³-hybridized carbons (Fsp3) is 0.571. The molecule has 0 aliphatic heterocycles. The minimum absolute atomic E-state index is 0.575. The molecule has 1 heteroatoms. The second-order valence-electron chi connectivity index (χ2n) is 4.77. The Kier molecular flexibility index (Phi) is 4.34. The van der Waals surface area contributed by atoms with Crippen molar-refractivity contribution < 1.29 is 0 Å². The second kappa shape index (κ2) is 5.32. The van der Waals surface area contributed by atoms with Crippen molar-refractivity contribution in [2.45, 2.75) is 40.2 Å². The lowest BCUT2D eigenvalue weighted by atomic mass is 9.93. The first-order valence-corrected chi connectivity index (χ1v) is 5.78. The van der Waals surface area contributed by atoms with E-state index in [1.807, 2.05) is 0 Å². The summed E-state index contributed by atoms with van der Waals surface area (Å²) in [7, 11) is 2.05. The van der Waals surface area contributed by atoms with Crippen LogP contribution in [0.5, 0.6) is 0 Å². The van der Waals surface area contributed by atoms with Gasteiger partial charge in [0.2, 0.25) is 0 Å². The molecule has 0 aliphatic carbocycles. The molecule has 1 unspecified atom stereocenters. The highest BCUT2D eigenvalue weighted by Crippen LogP contribution is 2.15. The summed E-state index contributed by atoms with van der Waals surface area (Å²) in [5, 5.41) is 3.40. The highest BCUT2D eigenvalue weighted by atomic mass is 14.9. The molecule has 0 saturated heterocycles. The van der Waals surface area contributed by atoms with Crippen molar-refractivity contribution in [1.29, 1.82) is 0 Å². The van der Waals surface area contributed by atoms with Gasteiger partial charge in [0.25, 0.3) is 0 Å². The highest BCUT2D eigenvalue weighted by molar-refractivity contribution is 5.31. The van der Waals surface area contributed by atoms with Crippen molar-refractivity contribution in [2.75, 3.05) is 7.05 Å². The van der Waals surface area contributed by atoms with E-state index in [4.69, 9.17) is 0 Å². The summed E-state index contributed by atoms with van der Waals surface area (Å²) >= 11 is 0. The van der Waals surface area contributed by atoms with Crippen LogP contribution in [0.2, 0.25) is 0 Å². The minimum atomic E-state index is 0.575. The van der Waals surface area contributed by atoms with Gasteiger partial charge in [0.05, 0.1) is 0 Å². The highest BCUT2D eigenvalue weighted by Gasteiger charge is 2.12. The standard InChI is InChI=1S/C14H23N/c1-10(2)14(15-5)9-13-8-11(3)6-7-12(13)4/h6-8,10,14-15H,9H2,1-5H3. The first-order chi connectivity index (χ1) is 7.04. The van der Waals surface area contributed by atoms with Gasteiger partial charge >= 0.3 is 0 Å². The van der Waals surface area contributed by atoms with Crippen LogP contribution in [0.1, 0.15) is 30.5 Å². The molecule has 1 rings (SSSR count). The third kappa shape index (κ3) is 3.35. The summed E-state index contributed by atoms with van der Waals surface area (Å²) < 4.78 is 0. The van der Waals surface area contributed by atoms with Crippen molar-refractivity contribution in [2.24, 2.45) is 5.92 Å². The third-order valence-electron chi connectivity index (χ3n) is 3.12. The molecule has 1 N–H and O–H groups in total. The maximum Gasteiger partial charge on any atom is 0.0128 e. The molecule has 0 aliphatic rings. The van der Waals surface area contributed by atoms with E-state index in [1.165, 1.54) is 16.7 Å². The molecule has 1 aromatic carbocycles. The van der Waals surface area contributed by atoms with E-state index < -0.39 is 0 Å². The molecule has 0 spiro atoms. The Morgan fingerprint density at radius 3 is 2.40 bits per heavy atom. The number of likely N-dealkylation sites (N-methyl/N-ethyl adjacent to an activating group) is 1. The normalized spacial score (nSPS) is 13.2. The first kappa shape index (κ1) is 12.3. The van der Waals surface area contributed by atoms with Gasteiger partial charge in [0.1, 0.15) is 0 Å². The van der Waals surface area contributed by atoms with E-state index in [-0.39, 0.29) is 0 Å². The van der Waals surface area contributed by atoms with Crippen LogP contribution in [-0.4, -0.2) is 13.1 Å².